The lowest BCUT2D eigenvalue weighted by Gasteiger charge is -2.24. The van der Waals surface area contributed by atoms with Crippen molar-refractivity contribution in [2.45, 2.75) is 44.9 Å². The van der Waals surface area contributed by atoms with E-state index in [0.717, 1.165) is 12.1 Å². The third kappa shape index (κ3) is 6.50. The lowest BCUT2D eigenvalue weighted by atomic mass is 9.99. The highest BCUT2D eigenvalue weighted by molar-refractivity contribution is 6.35. The number of carbonyl (C=O) groups excluding carboxylic acids is 1. The highest BCUT2D eigenvalue weighted by Gasteiger charge is 2.29. The number of nitrogens with zero attached hydrogens (tertiary/aromatic N) is 3. The fourth-order valence-corrected chi connectivity index (χ4v) is 4.46. The topological polar surface area (TPSA) is 143 Å². The van der Waals surface area contributed by atoms with Crippen molar-refractivity contribution in [3.8, 4) is 11.1 Å². The first-order chi connectivity index (χ1) is 19.3. The summed E-state index contributed by atoms with van der Waals surface area (Å²) in [5, 5.41) is 22.9. The van der Waals surface area contributed by atoms with E-state index in [-0.39, 0.29) is 22.1 Å². The monoisotopic (exact) mass is 589 g/mol. The molecule has 0 aliphatic rings. The van der Waals surface area contributed by atoms with Crippen molar-refractivity contribution in [2.75, 3.05) is 11.9 Å². The molecule has 0 fully saturated rings. The molecule has 2 aromatic heterocycles. The lowest BCUT2D eigenvalue weighted by Crippen LogP contribution is -2.23. The van der Waals surface area contributed by atoms with Crippen LogP contribution in [0.3, 0.4) is 0 Å². The van der Waals surface area contributed by atoms with Crippen LogP contribution in [0.1, 0.15) is 48.6 Å². The van der Waals surface area contributed by atoms with Gasteiger partial charge in [0.2, 0.25) is 0 Å². The van der Waals surface area contributed by atoms with Crippen molar-refractivity contribution >= 4 is 34.3 Å². The van der Waals surface area contributed by atoms with E-state index in [1.165, 1.54) is 18.5 Å². The summed E-state index contributed by atoms with van der Waals surface area (Å²) in [4.78, 5) is 24.1. The fourth-order valence-electron chi connectivity index (χ4n) is 4.26. The predicted molar refractivity (Wildman–Crippen MR) is 147 cm³/mol. The molecular formula is C28H27ClF3N5O4. The molecule has 4 rings (SSSR count). The van der Waals surface area contributed by atoms with Gasteiger partial charge in [-0.05, 0) is 56.2 Å². The fraction of sp³-hybridized carbons (Fsp3) is 0.286. The number of aliphatic hydroxyl groups is 2. The number of fused-ring (bicyclic) bond motifs is 1. The Labute approximate surface area is 238 Å². The van der Waals surface area contributed by atoms with Crippen LogP contribution in [0.25, 0.3) is 22.0 Å². The van der Waals surface area contributed by atoms with Gasteiger partial charge in [0.25, 0.3) is 6.43 Å². The zero-order valence-corrected chi connectivity index (χ0v) is 23.0. The first-order valence-electron chi connectivity index (χ1n) is 12.4. The quantitative estimate of drug-likeness (QED) is 0.198. The number of aromatic nitrogens is 3. The number of pyridine rings is 1. The van der Waals surface area contributed by atoms with E-state index in [1.54, 1.807) is 39.0 Å². The minimum atomic E-state index is -3.12. The molecule has 5 N–H and O–H groups in total. The molecule has 2 aromatic carbocycles. The van der Waals surface area contributed by atoms with Crippen LogP contribution in [-0.2, 0) is 10.3 Å². The zero-order valence-electron chi connectivity index (χ0n) is 22.2. The molecule has 2 heterocycles. The van der Waals surface area contributed by atoms with Crippen LogP contribution in [0.4, 0.5) is 23.7 Å². The van der Waals surface area contributed by atoms with Gasteiger partial charge in [0.15, 0.2) is 11.9 Å². The highest BCUT2D eigenvalue weighted by Crippen LogP contribution is 2.39. The van der Waals surface area contributed by atoms with Gasteiger partial charge in [-0.3, -0.25) is 4.98 Å². The van der Waals surface area contributed by atoms with Crippen LogP contribution in [0.5, 0.6) is 0 Å². The van der Waals surface area contributed by atoms with E-state index < -0.39 is 48.3 Å². The lowest BCUT2D eigenvalue weighted by molar-refractivity contribution is 0.0630. The van der Waals surface area contributed by atoms with Crippen molar-refractivity contribution in [1.82, 2.24) is 15.0 Å². The minimum Gasteiger partial charge on any atom is -0.439 e. The smallest absolute Gasteiger partial charge is 0.405 e. The van der Waals surface area contributed by atoms with Crippen LogP contribution in [-0.4, -0.2) is 44.3 Å². The maximum atomic E-state index is 15.0. The number of alkyl halides is 2. The van der Waals surface area contributed by atoms with Crippen LogP contribution < -0.4 is 11.1 Å². The van der Waals surface area contributed by atoms with Gasteiger partial charge in [-0.25, -0.2) is 27.9 Å². The number of nitrogens with one attached hydrogen (secondary N) is 1. The summed E-state index contributed by atoms with van der Waals surface area (Å²) >= 11 is 6.56. The molecule has 216 valence electrons. The van der Waals surface area contributed by atoms with Gasteiger partial charge < -0.3 is 26.0 Å². The van der Waals surface area contributed by atoms with Crippen molar-refractivity contribution in [3.63, 3.8) is 0 Å². The molecule has 13 heteroatoms. The molecule has 2 atom stereocenters. The number of anilines is 1. The van der Waals surface area contributed by atoms with Gasteiger partial charge in [-0.15, -0.1) is 0 Å². The summed E-state index contributed by atoms with van der Waals surface area (Å²) in [5.41, 5.74) is 5.47. The average molecular weight is 590 g/mol. The van der Waals surface area contributed by atoms with E-state index in [1.807, 2.05) is 0 Å². The van der Waals surface area contributed by atoms with Crippen LogP contribution in [0, 0.1) is 12.7 Å². The Morgan fingerprint density at radius 3 is 2.41 bits per heavy atom. The Bertz CT molecular complexity index is 1580. The molecule has 0 saturated carbocycles. The number of nitrogens with two attached hydrogens (primary N) is 1. The average Bonchev–Trinajstić information content (AvgIpc) is 2.92. The van der Waals surface area contributed by atoms with Gasteiger partial charge in [0, 0.05) is 28.9 Å². The Morgan fingerprint density at radius 2 is 1.83 bits per heavy atom. The standard InChI is InChI=1S/C28H27ClF3N5O4/c1-13-22(29)23(18-8-14(5-7-20(18)36-13)16-10-34-26(35-11-16)28(2,3)40)37-24(25(31)32)17-9-15(4-6-19(17)30)21(12-38)41-27(33)39/h4-11,21,24-25,38,40H,12H2,1-3H3,(H2,33,39)(H,36,37). The third-order valence-corrected chi connectivity index (χ3v) is 6.79. The molecule has 0 spiro atoms. The molecule has 0 bridgehead atoms. The molecule has 0 aliphatic carbocycles. The third-order valence-electron chi connectivity index (χ3n) is 6.33. The summed E-state index contributed by atoms with van der Waals surface area (Å²) in [6.07, 6.45) is -2.56. The van der Waals surface area contributed by atoms with E-state index in [9.17, 15) is 28.2 Å². The second kappa shape index (κ2) is 11.9. The summed E-state index contributed by atoms with van der Waals surface area (Å²) in [5.74, 6) is -0.739. The summed E-state index contributed by atoms with van der Waals surface area (Å²) in [6, 6.07) is 6.38. The first kappa shape index (κ1) is 30.0. The molecule has 41 heavy (non-hydrogen) atoms. The number of hydrogen-bond donors (Lipinski definition) is 4. The van der Waals surface area contributed by atoms with E-state index in [2.05, 4.69) is 20.3 Å². The molecule has 2 unspecified atom stereocenters. The molecule has 0 radical (unpaired) electrons. The number of carbonyl (C=O) groups is 1. The second-order valence-corrected chi connectivity index (χ2v) is 10.2. The Hall–Kier alpha value is -4.00. The Balaban J connectivity index is 1.81. The molecule has 0 aliphatic heterocycles. The number of halogens is 4. The Kier molecular flexibility index (Phi) is 8.66. The molecular weight excluding hydrogens is 563 g/mol. The number of hydrogen-bond acceptors (Lipinski definition) is 8. The molecule has 4 aromatic rings. The van der Waals surface area contributed by atoms with Crippen LogP contribution >= 0.6 is 11.6 Å². The number of primary amides is 1. The van der Waals surface area contributed by atoms with Crippen molar-refractivity contribution < 1.29 is 32.9 Å². The largest absolute Gasteiger partial charge is 0.439 e. The number of aliphatic hydroxyl groups excluding tert-OH is 1. The second-order valence-electron chi connectivity index (χ2n) is 9.82. The van der Waals surface area contributed by atoms with Gasteiger partial charge in [0.05, 0.1) is 28.5 Å². The summed E-state index contributed by atoms with van der Waals surface area (Å²) in [7, 11) is 0. The van der Waals surface area contributed by atoms with Gasteiger partial charge >= 0.3 is 6.09 Å². The van der Waals surface area contributed by atoms with E-state index in [4.69, 9.17) is 22.1 Å². The van der Waals surface area contributed by atoms with Crippen LogP contribution in [0.15, 0.2) is 48.8 Å². The SMILES string of the molecule is Cc1nc2ccc(-c3cnc(C(C)(C)O)nc3)cc2c(NC(c2cc(C(CO)OC(N)=O)ccc2F)C(F)F)c1Cl. The maximum Gasteiger partial charge on any atom is 0.405 e. The molecule has 1 amide bonds. The molecule has 0 saturated heterocycles. The van der Waals surface area contributed by atoms with Crippen molar-refractivity contribution in [1.29, 1.82) is 0 Å². The summed E-state index contributed by atoms with van der Waals surface area (Å²) in [6.45, 7) is 4.01. The minimum absolute atomic E-state index is 0.0517. The maximum absolute atomic E-state index is 15.0. The van der Waals surface area contributed by atoms with Crippen molar-refractivity contribution in [3.05, 3.63) is 82.3 Å². The Morgan fingerprint density at radius 1 is 1.15 bits per heavy atom. The normalized spacial score (nSPS) is 13.3. The van der Waals surface area contributed by atoms with E-state index in [0.29, 0.717) is 27.7 Å². The van der Waals surface area contributed by atoms with Gasteiger partial charge in [-0.1, -0.05) is 23.7 Å². The van der Waals surface area contributed by atoms with Gasteiger partial charge in [-0.2, -0.15) is 0 Å². The van der Waals surface area contributed by atoms with Crippen LogP contribution in [0.2, 0.25) is 5.02 Å². The predicted octanol–water partition coefficient (Wildman–Crippen LogP) is 5.57. The zero-order chi connectivity index (χ0) is 30.1. The van der Waals surface area contributed by atoms with E-state index >= 15 is 0 Å². The number of ether oxygens (including phenoxy) is 1. The number of aryl methyl sites for hydroxylation is 1. The summed E-state index contributed by atoms with van der Waals surface area (Å²) < 4.78 is 48.8. The van der Waals surface area contributed by atoms with Gasteiger partial charge in [0.1, 0.15) is 17.5 Å². The highest BCUT2D eigenvalue weighted by atomic mass is 35.5. The number of amides is 1. The molecule has 9 nitrogen and oxygen atoms in total. The first-order valence-corrected chi connectivity index (χ1v) is 12.7. The number of rotatable bonds is 9. The number of benzene rings is 2. The van der Waals surface area contributed by atoms with Crippen molar-refractivity contribution in [2.24, 2.45) is 5.73 Å².